The molecule has 4 saturated heterocycles. The van der Waals surface area contributed by atoms with Crippen LogP contribution in [0.4, 0.5) is 11.4 Å². The number of carbonyl (C=O) groups excluding carboxylic acids is 4. The topological polar surface area (TPSA) is 228 Å². The van der Waals surface area contributed by atoms with Gasteiger partial charge in [-0.25, -0.2) is 0 Å². The molecule has 55 heavy (non-hydrogen) atoms. The van der Waals surface area contributed by atoms with Gasteiger partial charge in [0.1, 0.15) is 12.2 Å². The summed E-state index contributed by atoms with van der Waals surface area (Å²) in [7, 11) is 0. The molecule has 0 aromatic heterocycles. The zero-order valence-electron chi connectivity index (χ0n) is 29.8. The van der Waals surface area contributed by atoms with Crippen molar-refractivity contribution in [2.24, 2.45) is 0 Å². The summed E-state index contributed by atoms with van der Waals surface area (Å²) in [6.07, 6.45) is 4.31. The number of amides is 2. The third-order valence-corrected chi connectivity index (χ3v) is 10.7. The number of carbonyl (C=O) groups is 4. The first-order valence-corrected chi connectivity index (χ1v) is 18.8. The highest BCUT2D eigenvalue weighted by Gasteiger charge is 2.34. The number of nitro groups is 2. The van der Waals surface area contributed by atoms with Crippen molar-refractivity contribution in [3.8, 4) is 0 Å². The Balaban J connectivity index is 1.08. The second-order valence-electron chi connectivity index (χ2n) is 13.3. The van der Waals surface area contributed by atoms with E-state index in [1.165, 1.54) is 58.4 Å². The quantitative estimate of drug-likeness (QED) is 0.130. The van der Waals surface area contributed by atoms with E-state index >= 15 is 0 Å². The molecule has 2 amide bonds. The zero-order valence-corrected chi connectivity index (χ0v) is 30.7. The van der Waals surface area contributed by atoms with E-state index in [-0.39, 0.29) is 57.6 Å². The van der Waals surface area contributed by atoms with Crippen LogP contribution in [-0.2, 0) is 28.7 Å². The summed E-state index contributed by atoms with van der Waals surface area (Å²) in [6, 6.07) is 7.47. The highest BCUT2D eigenvalue weighted by atomic mass is 32.2. The molecule has 4 aliphatic rings. The largest absolute Gasteiger partial charge is 0.368 e. The van der Waals surface area contributed by atoms with Gasteiger partial charge in [-0.15, -0.1) is 0 Å². The average molecular weight is 779 g/mol. The van der Waals surface area contributed by atoms with Gasteiger partial charge < -0.3 is 40.5 Å². The van der Waals surface area contributed by atoms with E-state index in [4.69, 9.17) is 9.47 Å². The minimum atomic E-state index is -0.599. The van der Waals surface area contributed by atoms with E-state index < -0.39 is 34.1 Å². The number of hydrogen-bond acceptors (Lipinski definition) is 15. The van der Waals surface area contributed by atoms with E-state index in [0.717, 1.165) is 11.8 Å². The SMILES string of the molecule is O=C(C1CN(C(=O)/C=C/c2ccc(Sc3ccc(/C=C/C(=O)N4CCNC(C(=O)C5CNCCO5)C4)cc3[N+](=O)[O-])c([N+](=O)[O-])c2)CCN1)C1CNCCO1. The molecule has 4 N–H and O–H groups in total. The van der Waals surface area contributed by atoms with Gasteiger partial charge in [0.05, 0.1) is 44.9 Å². The van der Waals surface area contributed by atoms with Crippen molar-refractivity contribution < 1.29 is 38.5 Å². The van der Waals surface area contributed by atoms with Crippen LogP contribution in [0.25, 0.3) is 12.2 Å². The van der Waals surface area contributed by atoms with Crippen LogP contribution in [0.3, 0.4) is 0 Å². The van der Waals surface area contributed by atoms with Gasteiger partial charge in [0.15, 0.2) is 11.6 Å². The minimum Gasteiger partial charge on any atom is -0.368 e. The number of Topliss-reactive ketones (excluding diaryl/α,β-unsaturated/α-hetero) is 2. The molecule has 0 radical (unpaired) electrons. The molecule has 4 fully saturated rings. The molecule has 4 unspecified atom stereocenters. The van der Waals surface area contributed by atoms with E-state index in [9.17, 15) is 39.4 Å². The van der Waals surface area contributed by atoms with Gasteiger partial charge >= 0.3 is 0 Å². The molecule has 0 spiro atoms. The predicted octanol–water partition coefficient (Wildman–Crippen LogP) is 0.396. The first-order valence-electron chi connectivity index (χ1n) is 17.9. The van der Waals surface area contributed by atoms with Crippen LogP contribution in [-0.4, -0.2) is 146 Å². The van der Waals surface area contributed by atoms with Crippen LogP contribution in [0.1, 0.15) is 11.1 Å². The Labute approximate surface area is 320 Å². The molecule has 4 aliphatic heterocycles. The van der Waals surface area contributed by atoms with E-state index in [2.05, 4.69) is 21.3 Å². The fourth-order valence-electron chi connectivity index (χ4n) is 6.62. The van der Waals surface area contributed by atoms with Crippen molar-refractivity contribution in [1.82, 2.24) is 31.1 Å². The van der Waals surface area contributed by atoms with Crippen molar-refractivity contribution in [2.45, 2.75) is 34.1 Å². The van der Waals surface area contributed by atoms with Crippen LogP contribution in [0.2, 0.25) is 0 Å². The third-order valence-electron chi connectivity index (χ3n) is 9.57. The maximum Gasteiger partial charge on any atom is 0.283 e. The first-order chi connectivity index (χ1) is 26.6. The summed E-state index contributed by atoms with van der Waals surface area (Å²) >= 11 is 0.849. The molecule has 4 atom stereocenters. The smallest absolute Gasteiger partial charge is 0.283 e. The van der Waals surface area contributed by atoms with Crippen LogP contribution in [0.15, 0.2) is 58.3 Å². The molecule has 2 aromatic carbocycles. The molecule has 19 heteroatoms. The van der Waals surface area contributed by atoms with Crippen LogP contribution < -0.4 is 21.3 Å². The Kier molecular flexibility index (Phi) is 13.5. The standard InChI is InChI=1S/C36H42N8O10S/c45-33(41-13-9-39-25(21-41)35(47)29-19-37-11-15-53-29)7-3-23-1-5-31(27(17-23)43(49)50)55-32-6-2-24(18-28(32)44(51)52)4-8-34(46)42-14-10-40-26(22-42)36(48)30-20-38-12-16-54-30/h1-8,17-18,25-26,29-30,37-40H,9-16,19-22H2/b7-3+,8-4+. The molecule has 6 rings (SSSR count). The lowest BCUT2D eigenvalue weighted by atomic mass is 10.0. The van der Waals surface area contributed by atoms with E-state index in [1.807, 2.05) is 0 Å². The second kappa shape index (κ2) is 18.6. The van der Waals surface area contributed by atoms with E-state index in [1.54, 1.807) is 12.1 Å². The molecule has 0 saturated carbocycles. The molecular weight excluding hydrogens is 737 g/mol. The number of benzene rings is 2. The maximum atomic E-state index is 13.0. The number of ketones is 2. The van der Waals surface area contributed by atoms with Crippen molar-refractivity contribution >= 4 is 58.7 Å². The molecular formula is C36H42N8O10S. The summed E-state index contributed by atoms with van der Waals surface area (Å²) < 4.78 is 11.1. The lowest BCUT2D eigenvalue weighted by Gasteiger charge is -2.34. The minimum absolute atomic E-state index is 0.128. The van der Waals surface area contributed by atoms with Gasteiger partial charge in [-0.3, -0.25) is 39.4 Å². The number of morpholine rings is 2. The molecule has 0 aliphatic carbocycles. The summed E-state index contributed by atoms with van der Waals surface area (Å²) in [5, 5.41) is 36.7. The monoisotopic (exact) mass is 778 g/mol. The summed E-state index contributed by atoms with van der Waals surface area (Å²) in [6.45, 7) is 4.96. The molecule has 0 bridgehead atoms. The number of nitrogens with zero attached hydrogens (tertiary/aromatic N) is 4. The summed E-state index contributed by atoms with van der Waals surface area (Å²) in [4.78, 5) is 78.2. The predicted molar refractivity (Wildman–Crippen MR) is 200 cm³/mol. The number of hydrogen-bond donors (Lipinski definition) is 4. The third kappa shape index (κ3) is 10.3. The Morgan fingerprint density at radius 1 is 0.691 bits per heavy atom. The molecule has 2 aromatic rings. The normalized spacial score (nSPS) is 23.5. The lowest BCUT2D eigenvalue weighted by Crippen LogP contribution is -2.59. The van der Waals surface area contributed by atoms with Crippen molar-refractivity contribution in [3.63, 3.8) is 0 Å². The van der Waals surface area contributed by atoms with E-state index in [0.29, 0.717) is 76.7 Å². The van der Waals surface area contributed by atoms with Gasteiger partial charge in [-0.05, 0) is 35.4 Å². The van der Waals surface area contributed by atoms with Crippen molar-refractivity contribution in [2.75, 3.05) is 78.7 Å². The number of ether oxygens (including phenoxy) is 2. The maximum absolute atomic E-state index is 13.0. The van der Waals surface area contributed by atoms with Crippen LogP contribution >= 0.6 is 11.8 Å². The fraction of sp³-hybridized carbons (Fsp3) is 0.444. The fourth-order valence-corrected chi connectivity index (χ4v) is 7.61. The molecule has 4 heterocycles. The second-order valence-corrected chi connectivity index (χ2v) is 14.3. The Morgan fingerprint density at radius 3 is 1.51 bits per heavy atom. The van der Waals surface area contributed by atoms with Crippen molar-refractivity contribution in [3.05, 3.63) is 79.9 Å². The number of piperazine rings is 2. The molecule has 292 valence electrons. The molecule has 18 nitrogen and oxygen atoms in total. The highest BCUT2D eigenvalue weighted by Crippen LogP contribution is 2.40. The van der Waals surface area contributed by atoms with Gasteiger partial charge in [0.2, 0.25) is 11.8 Å². The zero-order chi connectivity index (χ0) is 38.9. The Hall–Kier alpha value is -4.89. The van der Waals surface area contributed by atoms with Crippen LogP contribution in [0, 0.1) is 20.2 Å². The van der Waals surface area contributed by atoms with Gasteiger partial charge in [0.25, 0.3) is 11.4 Å². The highest BCUT2D eigenvalue weighted by molar-refractivity contribution is 7.99. The number of nitro benzene ring substituents is 2. The van der Waals surface area contributed by atoms with Gasteiger partial charge in [0, 0.05) is 89.7 Å². The van der Waals surface area contributed by atoms with Gasteiger partial charge in [-0.1, -0.05) is 23.9 Å². The van der Waals surface area contributed by atoms with Crippen molar-refractivity contribution in [1.29, 1.82) is 0 Å². The number of rotatable bonds is 12. The summed E-state index contributed by atoms with van der Waals surface area (Å²) in [5.74, 6) is -0.970. The summed E-state index contributed by atoms with van der Waals surface area (Å²) in [5.41, 5.74) is 0.119. The Morgan fingerprint density at radius 2 is 1.13 bits per heavy atom. The Bertz CT molecular complexity index is 1730. The number of nitrogens with one attached hydrogen (secondary N) is 4. The average Bonchev–Trinajstić information content (AvgIpc) is 3.22. The first kappa shape index (κ1) is 39.8. The lowest BCUT2D eigenvalue weighted by molar-refractivity contribution is -0.388. The van der Waals surface area contributed by atoms with Crippen LogP contribution in [0.5, 0.6) is 0 Å². The van der Waals surface area contributed by atoms with Gasteiger partial charge in [-0.2, -0.15) is 0 Å².